The molecule has 0 unspecified atom stereocenters. The van der Waals surface area contributed by atoms with Gasteiger partial charge in [0.1, 0.15) is 0 Å². The third kappa shape index (κ3) is 5.74. The molecule has 1 rings (SSSR count). The molecule has 0 atom stereocenters. The maximum absolute atomic E-state index is 12.3. The largest absolute Gasteiger partial charge is 0.378 e. The predicted molar refractivity (Wildman–Crippen MR) is 94.1 cm³/mol. The Kier molecular flexibility index (Phi) is 7.40. The van der Waals surface area contributed by atoms with Gasteiger partial charge in [-0.2, -0.15) is 0 Å². The molecule has 22 heavy (non-hydrogen) atoms. The molecular weight excluding hydrogens is 274 g/mol. The highest BCUT2D eigenvalue weighted by molar-refractivity contribution is 5.78. The van der Waals surface area contributed by atoms with Crippen LogP contribution in [0.3, 0.4) is 0 Å². The van der Waals surface area contributed by atoms with Gasteiger partial charge in [0.25, 0.3) is 0 Å². The lowest BCUT2D eigenvalue weighted by atomic mass is 10.2. The molecule has 0 aliphatic rings. The molecule has 0 saturated heterocycles. The first kappa shape index (κ1) is 18.0. The molecule has 0 aromatic heterocycles. The number of amides is 1. The van der Waals surface area contributed by atoms with E-state index in [1.807, 2.05) is 26.0 Å². The molecule has 0 heterocycles. The minimum absolute atomic E-state index is 0.0976. The van der Waals surface area contributed by atoms with Crippen molar-refractivity contribution >= 4 is 11.6 Å². The quantitative estimate of drug-likeness (QED) is 0.655. The summed E-state index contributed by atoms with van der Waals surface area (Å²) >= 11 is 0. The summed E-state index contributed by atoms with van der Waals surface area (Å²) in [5.74, 6) is 0.0976. The zero-order valence-corrected chi connectivity index (χ0v) is 14.0. The second kappa shape index (κ2) is 9.05. The van der Waals surface area contributed by atoms with Crippen LogP contribution in [0.2, 0.25) is 0 Å². The molecule has 0 N–H and O–H groups in total. The fourth-order valence-corrected chi connectivity index (χ4v) is 2.14. The van der Waals surface area contributed by atoms with Crippen LogP contribution in [0.25, 0.3) is 0 Å². The SMILES string of the molecule is C=CCN(CC=C)CC(=O)N(C)Cc1ccc(N(C)C)cc1. The molecular formula is C18H27N3O. The van der Waals surface area contributed by atoms with Crippen LogP contribution in [0, 0.1) is 0 Å². The van der Waals surface area contributed by atoms with Gasteiger partial charge in [0.05, 0.1) is 6.54 Å². The zero-order valence-electron chi connectivity index (χ0n) is 14.0. The third-order valence-electron chi connectivity index (χ3n) is 3.43. The normalized spacial score (nSPS) is 10.4. The van der Waals surface area contributed by atoms with Gasteiger partial charge < -0.3 is 9.80 Å². The molecule has 1 aromatic rings. The number of rotatable bonds is 9. The highest BCUT2D eigenvalue weighted by atomic mass is 16.2. The summed E-state index contributed by atoms with van der Waals surface area (Å²) in [6, 6.07) is 8.25. The van der Waals surface area contributed by atoms with Gasteiger partial charge in [-0.05, 0) is 17.7 Å². The molecule has 0 bridgehead atoms. The Morgan fingerprint density at radius 3 is 2.05 bits per heavy atom. The Labute approximate surface area is 134 Å². The standard InChI is InChI=1S/C18H27N3O/c1-6-12-21(13-7-2)15-18(22)20(5)14-16-8-10-17(11-9-16)19(3)4/h6-11H,1-2,12-15H2,3-5H3. The highest BCUT2D eigenvalue weighted by Crippen LogP contribution is 2.13. The van der Waals surface area contributed by atoms with Crippen molar-refractivity contribution in [1.82, 2.24) is 9.80 Å². The molecule has 120 valence electrons. The number of likely N-dealkylation sites (N-methyl/N-ethyl adjacent to an activating group) is 1. The van der Waals surface area contributed by atoms with Crippen LogP contribution in [0.5, 0.6) is 0 Å². The summed E-state index contributed by atoms with van der Waals surface area (Å²) in [5.41, 5.74) is 2.28. The van der Waals surface area contributed by atoms with Crippen molar-refractivity contribution in [2.45, 2.75) is 6.54 Å². The first-order valence-corrected chi connectivity index (χ1v) is 7.42. The number of nitrogens with zero attached hydrogens (tertiary/aromatic N) is 3. The van der Waals surface area contributed by atoms with E-state index in [4.69, 9.17) is 0 Å². The molecule has 0 spiro atoms. The fraction of sp³-hybridized carbons (Fsp3) is 0.389. The molecule has 0 aliphatic heterocycles. The first-order chi connectivity index (χ1) is 10.5. The number of hydrogen-bond acceptors (Lipinski definition) is 3. The smallest absolute Gasteiger partial charge is 0.236 e. The third-order valence-corrected chi connectivity index (χ3v) is 3.43. The van der Waals surface area contributed by atoms with Gasteiger partial charge in [0.15, 0.2) is 0 Å². The average molecular weight is 301 g/mol. The average Bonchev–Trinajstić information content (AvgIpc) is 2.48. The van der Waals surface area contributed by atoms with E-state index < -0.39 is 0 Å². The second-order valence-corrected chi connectivity index (χ2v) is 5.58. The van der Waals surface area contributed by atoms with Gasteiger partial charge in [-0.3, -0.25) is 9.69 Å². The van der Waals surface area contributed by atoms with E-state index in [0.29, 0.717) is 26.2 Å². The predicted octanol–water partition coefficient (Wildman–Crippen LogP) is 2.38. The Morgan fingerprint density at radius 2 is 1.59 bits per heavy atom. The molecule has 4 nitrogen and oxygen atoms in total. The zero-order chi connectivity index (χ0) is 16.5. The minimum Gasteiger partial charge on any atom is -0.378 e. The summed E-state index contributed by atoms with van der Waals surface area (Å²) in [7, 11) is 5.86. The van der Waals surface area contributed by atoms with Gasteiger partial charge in [-0.15, -0.1) is 13.2 Å². The van der Waals surface area contributed by atoms with Crippen LogP contribution in [0.4, 0.5) is 5.69 Å². The lowest BCUT2D eigenvalue weighted by Gasteiger charge is -2.23. The minimum atomic E-state index is 0.0976. The van der Waals surface area contributed by atoms with Crippen molar-refractivity contribution < 1.29 is 4.79 Å². The molecule has 1 amide bonds. The van der Waals surface area contributed by atoms with E-state index in [1.54, 1.807) is 17.1 Å². The fourth-order valence-electron chi connectivity index (χ4n) is 2.14. The lowest BCUT2D eigenvalue weighted by molar-refractivity contribution is -0.131. The van der Waals surface area contributed by atoms with E-state index in [1.165, 1.54) is 0 Å². The Morgan fingerprint density at radius 1 is 1.05 bits per heavy atom. The topological polar surface area (TPSA) is 26.8 Å². The summed E-state index contributed by atoms with van der Waals surface area (Å²) in [5, 5.41) is 0. The van der Waals surface area contributed by atoms with E-state index in [2.05, 4.69) is 42.3 Å². The van der Waals surface area contributed by atoms with Crippen LogP contribution in [0.1, 0.15) is 5.56 Å². The van der Waals surface area contributed by atoms with Crippen molar-refractivity contribution in [2.75, 3.05) is 45.7 Å². The van der Waals surface area contributed by atoms with Gasteiger partial charge in [-0.25, -0.2) is 0 Å². The van der Waals surface area contributed by atoms with E-state index in [0.717, 1.165) is 11.3 Å². The van der Waals surface area contributed by atoms with E-state index >= 15 is 0 Å². The number of carbonyl (C=O) groups excluding carboxylic acids is 1. The number of anilines is 1. The second-order valence-electron chi connectivity index (χ2n) is 5.58. The molecule has 0 saturated carbocycles. The molecule has 0 radical (unpaired) electrons. The number of carbonyl (C=O) groups is 1. The molecule has 0 fully saturated rings. The maximum atomic E-state index is 12.3. The van der Waals surface area contributed by atoms with Crippen molar-refractivity contribution in [1.29, 1.82) is 0 Å². The molecule has 0 aliphatic carbocycles. The Hall–Kier alpha value is -2.07. The summed E-state index contributed by atoms with van der Waals surface area (Å²) in [6.07, 6.45) is 3.60. The van der Waals surface area contributed by atoms with E-state index in [-0.39, 0.29) is 5.91 Å². The first-order valence-electron chi connectivity index (χ1n) is 7.42. The number of benzene rings is 1. The van der Waals surface area contributed by atoms with Gasteiger partial charge in [-0.1, -0.05) is 24.3 Å². The Bertz CT molecular complexity index is 484. The van der Waals surface area contributed by atoms with Crippen LogP contribution in [-0.4, -0.2) is 56.5 Å². The van der Waals surface area contributed by atoms with Crippen LogP contribution in [0.15, 0.2) is 49.6 Å². The van der Waals surface area contributed by atoms with Gasteiger partial charge in [0, 0.05) is 46.5 Å². The van der Waals surface area contributed by atoms with Crippen molar-refractivity contribution in [2.24, 2.45) is 0 Å². The summed E-state index contributed by atoms with van der Waals surface area (Å²) < 4.78 is 0. The van der Waals surface area contributed by atoms with Crippen molar-refractivity contribution in [3.8, 4) is 0 Å². The monoisotopic (exact) mass is 301 g/mol. The lowest BCUT2D eigenvalue weighted by Crippen LogP contribution is -2.38. The summed E-state index contributed by atoms with van der Waals surface area (Å²) in [4.78, 5) is 18.1. The number of hydrogen-bond donors (Lipinski definition) is 0. The maximum Gasteiger partial charge on any atom is 0.236 e. The summed E-state index contributed by atoms with van der Waals surface area (Å²) in [6.45, 7) is 9.80. The molecule has 4 heteroatoms. The van der Waals surface area contributed by atoms with Crippen LogP contribution in [-0.2, 0) is 11.3 Å². The van der Waals surface area contributed by atoms with Gasteiger partial charge in [0.2, 0.25) is 5.91 Å². The van der Waals surface area contributed by atoms with Crippen molar-refractivity contribution in [3.05, 3.63) is 55.1 Å². The van der Waals surface area contributed by atoms with Crippen molar-refractivity contribution in [3.63, 3.8) is 0 Å². The van der Waals surface area contributed by atoms with E-state index in [9.17, 15) is 4.79 Å². The molecule has 1 aromatic carbocycles. The van der Waals surface area contributed by atoms with Crippen LogP contribution >= 0.6 is 0 Å². The Balaban J connectivity index is 2.59. The van der Waals surface area contributed by atoms with Crippen LogP contribution < -0.4 is 4.90 Å². The van der Waals surface area contributed by atoms with Gasteiger partial charge >= 0.3 is 0 Å². The highest BCUT2D eigenvalue weighted by Gasteiger charge is 2.13.